The molecule has 0 saturated carbocycles. The first-order valence-corrected chi connectivity index (χ1v) is 9.53. The number of aromatic nitrogens is 1. The van der Waals surface area contributed by atoms with Gasteiger partial charge in [0, 0.05) is 16.4 Å². The smallest absolute Gasteiger partial charge is 0.216 e. The lowest BCUT2D eigenvalue weighted by molar-refractivity contribution is 0.321. The van der Waals surface area contributed by atoms with Crippen LogP contribution in [0.1, 0.15) is 39.3 Å². The van der Waals surface area contributed by atoms with Crippen LogP contribution in [0.25, 0.3) is 0 Å². The van der Waals surface area contributed by atoms with Crippen molar-refractivity contribution in [1.29, 1.82) is 0 Å². The molecule has 0 amide bonds. The minimum absolute atomic E-state index is 0. The van der Waals surface area contributed by atoms with E-state index in [0.717, 1.165) is 22.5 Å². The SMILES string of the molecule is CCNC(=NCc1ncc(C(C)(C)C)o1)NCCOc1cccc(Br)c1.I. The average Bonchev–Trinajstić information content (AvgIpc) is 3.06. The fourth-order valence-electron chi connectivity index (χ4n) is 2.11. The first-order chi connectivity index (χ1) is 12.4. The summed E-state index contributed by atoms with van der Waals surface area (Å²) in [6, 6.07) is 7.78. The Kier molecular flexibility index (Phi) is 10.1. The monoisotopic (exact) mass is 550 g/mol. The van der Waals surface area contributed by atoms with Crippen LogP contribution >= 0.6 is 39.9 Å². The number of halogens is 2. The highest BCUT2D eigenvalue weighted by Crippen LogP contribution is 2.22. The highest BCUT2D eigenvalue weighted by molar-refractivity contribution is 14.0. The summed E-state index contributed by atoms with van der Waals surface area (Å²) in [5, 5.41) is 6.45. The molecule has 0 unspecified atom stereocenters. The predicted octanol–water partition coefficient (Wildman–Crippen LogP) is 4.49. The van der Waals surface area contributed by atoms with Gasteiger partial charge in [0.05, 0.1) is 12.7 Å². The standard InChI is InChI=1S/C19H27BrN4O2.HI/c1-5-21-18(22-9-10-25-15-8-6-7-14(20)11-15)24-13-17-23-12-16(26-17)19(2,3)4;/h6-8,11-12H,5,9-10,13H2,1-4H3,(H2,21,22,24);1H. The normalized spacial score (nSPS) is 11.7. The van der Waals surface area contributed by atoms with Gasteiger partial charge in [-0.3, -0.25) is 0 Å². The second kappa shape index (κ2) is 11.5. The molecule has 27 heavy (non-hydrogen) atoms. The summed E-state index contributed by atoms with van der Waals surface area (Å²) in [5.74, 6) is 3.01. The molecule has 2 N–H and O–H groups in total. The van der Waals surface area contributed by atoms with Crippen LogP contribution in [0.5, 0.6) is 5.75 Å². The number of nitrogens with one attached hydrogen (secondary N) is 2. The van der Waals surface area contributed by atoms with E-state index in [2.05, 4.69) is 57.3 Å². The third kappa shape index (κ3) is 8.50. The van der Waals surface area contributed by atoms with E-state index in [1.54, 1.807) is 6.20 Å². The number of benzene rings is 1. The molecule has 0 aliphatic rings. The molecule has 0 fully saturated rings. The first-order valence-electron chi connectivity index (χ1n) is 8.74. The van der Waals surface area contributed by atoms with Gasteiger partial charge in [0.15, 0.2) is 5.96 Å². The summed E-state index contributed by atoms with van der Waals surface area (Å²) in [5.41, 5.74) is -0.0541. The number of oxazole rings is 1. The molecule has 0 radical (unpaired) electrons. The van der Waals surface area contributed by atoms with Crippen molar-refractivity contribution in [3.8, 4) is 5.75 Å². The van der Waals surface area contributed by atoms with Crippen LogP contribution in [0, 0.1) is 0 Å². The lowest BCUT2D eigenvalue weighted by Crippen LogP contribution is -2.39. The van der Waals surface area contributed by atoms with Crippen molar-refractivity contribution in [3.63, 3.8) is 0 Å². The van der Waals surface area contributed by atoms with E-state index in [9.17, 15) is 0 Å². The highest BCUT2D eigenvalue weighted by atomic mass is 127. The zero-order chi connectivity index (χ0) is 19.0. The molecule has 0 aliphatic heterocycles. The van der Waals surface area contributed by atoms with Crippen molar-refractivity contribution in [3.05, 3.63) is 46.6 Å². The van der Waals surface area contributed by atoms with Crippen molar-refractivity contribution in [2.75, 3.05) is 19.7 Å². The number of hydrogen-bond acceptors (Lipinski definition) is 4. The maximum Gasteiger partial charge on any atom is 0.216 e. The molecule has 1 aromatic heterocycles. The van der Waals surface area contributed by atoms with Gasteiger partial charge < -0.3 is 19.8 Å². The zero-order valence-electron chi connectivity index (χ0n) is 16.2. The molecule has 8 heteroatoms. The maximum absolute atomic E-state index is 5.77. The molecule has 0 saturated heterocycles. The Labute approximate surface area is 186 Å². The summed E-state index contributed by atoms with van der Waals surface area (Å²) >= 11 is 3.43. The molecular weight excluding hydrogens is 523 g/mol. The summed E-state index contributed by atoms with van der Waals surface area (Å²) in [4.78, 5) is 8.81. The minimum Gasteiger partial charge on any atom is -0.492 e. The van der Waals surface area contributed by atoms with Gasteiger partial charge in [-0.15, -0.1) is 24.0 Å². The Morgan fingerprint density at radius 2 is 2.07 bits per heavy atom. The Morgan fingerprint density at radius 3 is 2.70 bits per heavy atom. The Bertz CT molecular complexity index is 728. The predicted molar refractivity (Wildman–Crippen MR) is 123 cm³/mol. The van der Waals surface area contributed by atoms with Crippen molar-refractivity contribution in [1.82, 2.24) is 15.6 Å². The lowest BCUT2D eigenvalue weighted by atomic mass is 9.94. The Hall–Kier alpha value is -1.29. The van der Waals surface area contributed by atoms with Crippen LogP contribution in [-0.4, -0.2) is 30.6 Å². The molecule has 1 aromatic carbocycles. The molecular formula is C19H28BrIN4O2. The number of ether oxygens (including phenoxy) is 1. The topological polar surface area (TPSA) is 71.7 Å². The van der Waals surface area contributed by atoms with Gasteiger partial charge in [-0.05, 0) is 25.1 Å². The molecule has 2 rings (SSSR count). The summed E-state index contributed by atoms with van der Waals surface area (Å²) in [6.45, 7) is 10.6. The third-order valence-electron chi connectivity index (χ3n) is 3.47. The molecule has 1 heterocycles. The molecule has 0 atom stereocenters. The molecule has 2 aromatic rings. The Balaban J connectivity index is 0.00000364. The van der Waals surface area contributed by atoms with E-state index in [1.807, 2.05) is 31.2 Å². The van der Waals surface area contributed by atoms with Gasteiger partial charge in [-0.2, -0.15) is 0 Å². The number of nitrogens with zero attached hydrogens (tertiary/aromatic N) is 2. The second-order valence-corrected chi connectivity index (χ2v) is 7.71. The fourth-order valence-corrected chi connectivity index (χ4v) is 2.49. The van der Waals surface area contributed by atoms with E-state index in [4.69, 9.17) is 9.15 Å². The van der Waals surface area contributed by atoms with Crippen molar-refractivity contribution >= 4 is 45.9 Å². The van der Waals surface area contributed by atoms with Gasteiger partial charge in [0.2, 0.25) is 5.89 Å². The van der Waals surface area contributed by atoms with Crippen LogP contribution in [-0.2, 0) is 12.0 Å². The lowest BCUT2D eigenvalue weighted by Gasteiger charge is -2.13. The van der Waals surface area contributed by atoms with Gasteiger partial charge >= 0.3 is 0 Å². The molecule has 6 nitrogen and oxygen atoms in total. The van der Waals surface area contributed by atoms with Crippen LogP contribution < -0.4 is 15.4 Å². The van der Waals surface area contributed by atoms with Crippen LogP contribution in [0.2, 0.25) is 0 Å². The summed E-state index contributed by atoms with van der Waals surface area (Å²) in [6.07, 6.45) is 1.77. The summed E-state index contributed by atoms with van der Waals surface area (Å²) in [7, 11) is 0. The summed E-state index contributed by atoms with van der Waals surface area (Å²) < 4.78 is 12.5. The second-order valence-electron chi connectivity index (χ2n) is 6.80. The van der Waals surface area contributed by atoms with Crippen molar-refractivity contribution in [2.24, 2.45) is 4.99 Å². The molecule has 0 bridgehead atoms. The van der Waals surface area contributed by atoms with Crippen molar-refractivity contribution in [2.45, 2.75) is 39.7 Å². The maximum atomic E-state index is 5.77. The van der Waals surface area contributed by atoms with E-state index in [1.165, 1.54) is 0 Å². The fraction of sp³-hybridized carbons (Fsp3) is 0.474. The quantitative estimate of drug-likeness (QED) is 0.230. The van der Waals surface area contributed by atoms with E-state index < -0.39 is 0 Å². The largest absolute Gasteiger partial charge is 0.492 e. The molecule has 150 valence electrons. The van der Waals surface area contributed by atoms with Crippen LogP contribution in [0.15, 0.2) is 44.3 Å². The number of hydrogen-bond donors (Lipinski definition) is 2. The average molecular weight is 551 g/mol. The van der Waals surface area contributed by atoms with Gasteiger partial charge in [-0.25, -0.2) is 9.98 Å². The highest BCUT2D eigenvalue weighted by Gasteiger charge is 2.18. The number of rotatable bonds is 7. The van der Waals surface area contributed by atoms with Gasteiger partial charge in [-0.1, -0.05) is 42.8 Å². The van der Waals surface area contributed by atoms with Crippen molar-refractivity contribution < 1.29 is 9.15 Å². The number of guanidine groups is 1. The van der Waals surface area contributed by atoms with Crippen LogP contribution in [0.4, 0.5) is 0 Å². The van der Waals surface area contributed by atoms with E-state index >= 15 is 0 Å². The van der Waals surface area contributed by atoms with E-state index in [-0.39, 0.29) is 29.4 Å². The van der Waals surface area contributed by atoms with E-state index in [0.29, 0.717) is 31.5 Å². The Morgan fingerprint density at radius 1 is 1.30 bits per heavy atom. The van der Waals surface area contributed by atoms with Crippen LogP contribution in [0.3, 0.4) is 0 Å². The molecule has 0 aliphatic carbocycles. The first kappa shape index (κ1) is 23.7. The van der Waals surface area contributed by atoms with Gasteiger partial charge in [0.1, 0.15) is 24.7 Å². The zero-order valence-corrected chi connectivity index (χ0v) is 20.1. The molecule has 0 spiro atoms. The number of aliphatic imine (C=N–C) groups is 1. The third-order valence-corrected chi connectivity index (χ3v) is 3.96. The minimum atomic E-state index is -0.0541. The van der Waals surface area contributed by atoms with Gasteiger partial charge in [0.25, 0.3) is 0 Å².